The van der Waals surface area contributed by atoms with E-state index in [1.807, 2.05) is 58.9 Å². The topological polar surface area (TPSA) is 67.9 Å². The molecular weight excluding hydrogens is 356 g/mol. The Hall–Kier alpha value is -2.08. The first-order valence-corrected chi connectivity index (χ1v) is 10.1. The summed E-state index contributed by atoms with van der Waals surface area (Å²) in [4.78, 5) is 26.2. The average Bonchev–Trinajstić information content (AvgIpc) is 2.64. The molecule has 28 heavy (non-hydrogen) atoms. The van der Waals surface area contributed by atoms with Gasteiger partial charge >= 0.3 is 6.09 Å². The maximum Gasteiger partial charge on any atom is 0.410 e. The van der Waals surface area contributed by atoms with Crippen LogP contribution in [-0.4, -0.2) is 41.7 Å². The quantitative estimate of drug-likeness (QED) is 0.800. The number of benzene rings is 1. The monoisotopic (exact) mass is 390 g/mol. The van der Waals surface area contributed by atoms with Crippen LogP contribution in [0.4, 0.5) is 4.79 Å². The molecule has 0 bridgehead atoms. The van der Waals surface area contributed by atoms with Gasteiger partial charge in [0.2, 0.25) is 5.91 Å². The number of hydrogen-bond donors (Lipinski definition) is 1. The fraction of sp³-hybridized carbons (Fsp3) is 0.636. The Morgan fingerprint density at radius 2 is 1.68 bits per heavy atom. The molecule has 1 N–H and O–H groups in total. The fourth-order valence-electron chi connectivity index (χ4n) is 3.00. The minimum atomic E-state index is -0.498. The van der Waals surface area contributed by atoms with E-state index in [0.29, 0.717) is 39.1 Å². The molecule has 1 aliphatic heterocycles. The van der Waals surface area contributed by atoms with Crippen molar-refractivity contribution < 1.29 is 19.1 Å². The molecule has 1 fully saturated rings. The summed E-state index contributed by atoms with van der Waals surface area (Å²) in [6.45, 7) is 11.8. The second-order valence-corrected chi connectivity index (χ2v) is 8.64. The predicted octanol–water partition coefficient (Wildman–Crippen LogP) is 3.87. The zero-order chi connectivity index (χ0) is 20.7. The molecule has 1 aliphatic rings. The zero-order valence-electron chi connectivity index (χ0n) is 17.8. The van der Waals surface area contributed by atoms with Gasteiger partial charge in [0.05, 0.1) is 12.7 Å². The van der Waals surface area contributed by atoms with Crippen molar-refractivity contribution in [3.8, 4) is 0 Å². The van der Waals surface area contributed by atoms with Crippen molar-refractivity contribution in [2.75, 3.05) is 13.1 Å². The molecule has 1 aromatic rings. The molecular formula is C22H34N2O4. The van der Waals surface area contributed by atoms with Gasteiger partial charge in [0.15, 0.2) is 0 Å². The van der Waals surface area contributed by atoms with Crippen LogP contribution in [0.1, 0.15) is 58.6 Å². The lowest BCUT2D eigenvalue weighted by Crippen LogP contribution is -2.44. The van der Waals surface area contributed by atoms with Gasteiger partial charge in [0.1, 0.15) is 5.60 Å². The number of carbonyl (C=O) groups excluding carboxylic acids is 2. The molecule has 156 valence electrons. The van der Waals surface area contributed by atoms with Gasteiger partial charge in [-0.05, 0) is 58.6 Å². The van der Waals surface area contributed by atoms with Crippen molar-refractivity contribution in [1.82, 2.24) is 10.2 Å². The molecule has 0 saturated carbocycles. The zero-order valence-corrected chi connectivity index (χ0v) is 17.8. The normalized spacial score (nSPS) is 15.6. The van der Waals surface area contributed by atoms with E-state index in [2.05, 4.69) is 5.32 Å². The van der Waals surface area contributed by atoms with Crippen LogP contribution in [0, 0.1) is 5.92 Å². The van der Waals surface area contributed by atoms with Crippen molar-refractivity contribution in [3.05, 3.63) is 35.4 Å². The molecule has 6 nitrogen and oxygen atoms in total. The fourth-order valence-corrected chi connectivity index (χ4v) is 3.00. The molecule has 1 saturated heterocycles. The summed E-state index contributed by atoms with van der Waals surface area (Å²) in [6.07, 6.45) is 1.24. The highest BCUT2D eigenvalue weighted by Crippen LogP contribution is 2.20. The number of hydrogen-bond acceptors (Lipinski definition) is 4. The molecule has 2 rings (SSSR count). The van der Waals surface area contributed by atoms with Gasteiger partial charge in [-0.1, -0.05) is 24.3 Å². The maximum absolute atomic E-state index is 12.5. The van der Waals surface area contributed by atoms with E-state index < -0.39 is 5.60 Å². The van der Waals surface area contributed by atoms with E-state index in [9.17, 15) is 9.59 Å². The third kappa shape index (κ3) is 7.50. The van der Waals surface area contributed by atoms with Gasteiger partial charge < -0.3 is 19.7 Å². The molecule has 6 heteroatoms. The minimum Gasteiger partial charge on any atom is -0.444 e. The summed E-state index contributed by atoms with van der Waals surface area (Å²) in [5.41, 5.74) is 1.69. The highest BCUT2D eigenvalue weighted by Gasteiger charge is 2.29. The summed E-state index contributed by atoms with van der Waals surface area (Å²) in [7, 11) is 0. The summed E-state index contributed by atoms with van der Waals surface area (Å²) in [6, 6.07) is 8.10. The van der Waals surface area contributed by atoms with Gasteiger partial charge in [0.25, 0.3) is 0 Å². The molecule has 0 aromatic heterocycles. The number of nitrogens with one attached hydrogen (secondary N) is 1. The SMILES string of the molecule is CC(C)OCc1ccc(CNC(=O)C2CCN(C(=O)OC(C)(C)C)CC2)cc1. The average molecular weight is 391 g/mol. The van der Waals surface area contributed by atoms with Crippen LogP contribution in [0.15, 0.2) is 24.3 Å². The van der Waals surface area contributed by atoms with Crippen LogP contribution in [-0.2, 0) is 27.4 Å². The molecule has 0 atom stereocenters. The van der Waals surface area contributed by atoms with E-state index in [4.69, 9.17) is 9.47 Å². The van der Waals surface area contributed by atoms with Crippen LogP contribution in [0.5, 0.6) is 0 Å². The van der Waals surface area contributed by atoms with E-state index in [0.717, 1.165) is 11.1 Å². The van der Waals surface area contributed by atoms with Crippen LogP contribution in [0.3, 0.4) is 0 Å². The molecule has 0 aliphatic carbocycles. The van der Waals surface area contributed by atoms with Crippen LogP contribution in [0.25, 0.3) is 0 Å². The molecule has 0 spiro atoms. The number of piperidine rings is 1. The minimum absolute atomic E-state index is 0.0519. The molecule has 0 radical (unpaired) electrons. The lowest BCUT2D eigenvalue weighted by Gasteiger charge is -2.32. The van der Waals surface area contributed by atoms with Gasteiger partial charge in [-0.3, -0.25) is 4.79 Å². The number of likely N-dealkylation sites (tertiary alicyclic amines) is 1. The van der Waals surface area contributed by atoms with Gasteiger partial charge in [-0.2, -0.15) is 0 Å². The first-order valence-electron chi connectivity index (χ1n) is 10.1. The third-order valence-electron chi connectivity index (χ3n) is 4.59. The second kappa shape index (κ2) is 9.92. The third-order valence-corrected chi connectivity index (χ3v) is 4.59. The lowest BCUT2D eigenvalue weighted by molar-refractivity contribution is -0.126. The van der Waals surface area contributed by atoms with Crippen molar-refractivity contribution >= 4 is 12.0 Å². The number of ether oxygens (including phenoxy) is 2. The first-order chi connectivity index (χ1) is 13.1. The Labute approximate surface area is 168 Å². The van der Waals surface area contributed by atoms with Gasteiger partial charge in [-0.25, -0.2) is 4.79 Å². The van der Waals surface area contributed by atoms with E-state index >= 15 is 0 Å². The maximum atomic E-state index is 12.5. The highest BCUT2D eigenvalue weighted by atomic mass is 16.6. The van der Waals surface area contributed by atoms with E-state index in [1.54, 1.807) is 4.90 Å². The summed E-state index contributed by atoms with van der Waals surface area (Å²) in [5, 5.41) is 3.02. The Kier molecular flexibility index (Phi) is 7.87. The molecule has 1 aromatic carbocycles. The summed E-state index contributed by atoms with van der Waals surface area (Å²) < 4.78 is 11.0. The Balaban J connectivity index is 1.73. The van der Waals surface area contributed by atoms with Crippen LogP contribution < -0.4 is 5.32 Å². The van der Waals surface area contributed by atoms with Crippen molar-refractivity contribution in [1.29, 1.82) is 0 Å². The molecule has 2 amide bonds. The van der Waals surface area contributed by atoms with Crippen LogP contribution in [0.2, 0.25) is 0 Å². The van der Waals surface area contributed by atoms with Crippen molar-refractivity contribution in [2.24, 2.45) is 5.92 Å². The standard InChI is InChI=1S/C22H34N2O4/c1-16(2)27-15-18-8-6-17(7-9-18)14-23-20(25)19-10-12-24(13-11-19)21(26)28-22(3,4)5/h6-9,16,19H,10-15H2,1-5H3,(H,23,25). The van der Waals surface area contributed by atoms with E-state index in [-0.39, 0.29) is 24.0 Å². The second-order valence-electron chi connectivity index (χ2n) is 8.64. The summed E-state index contributed by atoms with van der Waals surface area (Å²) >= 11 is 0. The number of amides is 2. The van der Waals surface area contributed by atoms with E-state index in [1.165, 1.54) is 0 Å². The lowest BCUT2D eigenvalue weighted by atomic mass is 9.96. The Bertz CT molecular complexity index is 641. The molecule has 0 unspecified atom stereocenters. The number of carbonyl (C=O) groups is 2. The van der Waals surface area contributed by atoms with Crippen molar-refractivity contribution in [2.45, 2.75) is 72.3 Å². The Morgan fingerprint density at radius 3 is 2.21 bits per heavy atom. The molecule has 1 heterocycles. The first kappa shape index (κ1) is 22.2. The largest absolute Gasteiger partial charge is 0.444 e. The predicted molar refractivity (Wildman–Crippen MR) is 109 cm³/mol. The smallest absolute Gasteiger partial charge is 0.410 e. The van der Waals surface area contributed by atoms with Gasteiger partial charge in [-0.15, -0.1) is 0 Å². The number of rotatable bonds is 6. The number of nitrogens with zero attached hydrogens (tertiary/aromatic N) is 1. The Morgan fingerprint density at radius 1 is 1.11 bits per heavy atom. The highest BCUT2D eigenvalue weighted by molar-refractivity contribution is 5.79. The summed E-state index contributed by atoms with van der Waals surface area (Å²) in [5.74, 6) is -0.00606. The van der Waals surface area contributed by atoms with Gasteiger partial charge in [0, 0.05) is 25.6 Å². The van der Waals surface area contributed by atoms with Crippen molar-refractivity contribution in [3.63, 3.8) is 0 Å². The van der Waals surface area contributed by atoms with Crippen LogP contribution >= 0.6 is 0 Å².